The summed E-state index contributed by atoms with van der Waals surface area (Å²) in [6.07, 6.45) is -2.97. The van der Waals surface area contributed by atoms with E-state index in [1.165, 1.54) is 18.5 Å². The van der Waals surface area contributed by atoms with Crippen molar-refractivity contribution in [1.82, 2.24) is 9.97 Å². The van der Waals surface area contributed by atoms with Crippen molar-refractivity contribution >= 4 is 52.9 Å². The zero-order valence-corrected chi connectivity index (χ0v) is 24.1. The molecule has 8 nitrogen and oxygen atoms in total. The van der Waals surface area contributed by atoms with Crippen LogP contribution in [0.2, 0.25) is 0 Å². The van der Waals surface area contributed by atoms with Gasteiger partial charge in [-0.3, -0.25) is 0 Å². The van der Waals surface area contributed by atoms with Gasteiger partial charge in [0.2, 0.25) is 0 Å². The fourth-order valence-electron chi connectivity index (χ4n) is 4.01. The minimum atomic E-state index is -4.51. The van der Waals surface area contributed by atoms with Crippen LogP contribution in [0.5, 0.6) is 23.0 Å². The maximum absolute atomic E-state index is 12.9. The Labute approximate surface area is 245 Å². The minimum absolute atomic E-state index is 0.0195. The molecule has 0 fully saturated rings. The molecule has 0 saturated carbocycles. The third-order valence-corrected chi connectivity index (χ3v) is 8.33. The Morgan fingerprint density at radius 1 is 0.786 bits per heavy atom. The summed E-state index contributed by atoms with van der Waals surface area (Å²) in [6, 6.07) is 21.7. The van der Waals surface area contributed by atoms with Crippen LogP contribution in [0.1, 0.15) is 5.56 Å². The van der Waals surface area contributed by atoms with Crippen LogP contribution in [-0.4, -0.2) is 46.0 Å². The van der Waals surface area contributed by atoms with Crippen molar-refractivity contribution in [3.8, 4) is 23.0 Å². The standard InChI is InChI=1S/C30H23AsF3N4O4/c1-40-26-15-24-25(16-27(26)41-2)35-17-36-28(24)31-19-9-11-22(12-10-19)42-23-8-4-7-21(14-23)38-29(39)37-20-6-3-5-18(13-20)30(32,33)34/h3-17H,1-2H3,(H2,37,38,39). The van der Waals surface area contributed by atoms with E-state index in [0.717, 1.165) is 31.9 Å². The van der Waals surface area contributed by atoms with Gasteiger partial charge in [0.15, 0.2) is 0 Å². The number of carbonyl (C=O) groups excluding carboxylic acids is 1. The van der Waals surface area contributed by atoms with Gasteiger partial charge in [-0.1, -0.05) is 6.07 Å². The monoisotopic (exact) mass is 635 g/mol. The van der Waals surface area contributed by atoms with Crippen molar-refractivity contribution in [2.75, 3.05) is 24.9 Å². The number of ether oxygens (including phenoxy) is 3. The maximum atomic E-state index is 12.9. The van der Waals surface area contributed by atoms with E-state index < -0.39 is 33.5 Å². The average Bonchev–Trinajstić information content (AvgIpc) is 2.97. The van der Waals surface area contributed by atoms with E-state index in [2.05, 4.69) is 20.6 Å². The zero-order chi connectivity index (χ0) is 29.7. The number of nitrogens with zero attached hydrogens (tertiary/aromatic N) is 2. The van der Waals surface area contributed by atoms with Crippen LogP contribution in [0.15, 0.2) is 91.3 Å². The number of methoxy groups -OCH3 is 2. The Morgan fingerprint density at radius 2 is 1.45 bits per heavy atom. The van der Waals surface area contributed by atoms with E-state index in [0.29, 0.717) is 28.7 Å². The van der Waals surface area contributed by atoms with Crippen LogP contribution in [0.3, 0.4) is 0 Å². The van der Waals surface area contributed by atoms with Gasteiger partial charge in [-0.15, -0.1) is 0 Å². The molecular weight excluding hydrogens is 612 g/mol. The van der Waals surface area contributed by atoms with Crippen LogP contribution >= 0.6 is 0 Å². The van der Waals surface area contributed by atoms with Gasteiger partial charge in [0, 0.05) is 0 Å². The first-order valence-electron chi connectivity index (χ1n) is 12.4. The second-order valence-corrected chi connectivity index (χ2v) is 11.3. The number of hydrogen-bond donors (Lipinski definition) is 2. The number of aromatic nitrogens is 2. The predicted octanol–water partition coefficient (Wildman–Crippen LogP) is 5.76. The Morgan fingerprint density at radius 3 is 2.14 bits per heavy atom. The summed E-state index contributed by atoms with van der Waals surface area (Å²) in [7, 11) is 3.16. The number of nitrogens with one attached hydrogen (secondary N) is 2. The van der Waals surface area contributed by atoms with Crippen molar-refractivity contribution in [2.45, 2.75) is 6.18 Å². The second kappa shape index (κ2) is 12.4. The molecule has 4 aromatic carbocycles. The summed E-state index contributed by atoms with van der Waals surface area (Å²) in [5.41, 5.74) is 0.340. The van der Waals surface area contributed by atoms with Gasteiger partial charge >= 0.3 is 203 Å². The van der Waals surface area contributed by atoms with E-state index in [-0.39, 0.29) is 5.69 Å². The number of anilines is 2. The zero-order valence-electron chi connectivity index (χ0n) is 22.3. The van der Waals surface area contributed by atoms with Crippen molar-refractivity contribution in [3.63, 3.8) is 0 Å². The molecule has 5 rings (SSSR count). The molecule has 1 aromatic heterocycles. The van der Waals surface area contributed by atoms with Gasteiger partial charge in [0.25, 0.3) is 0 Å². The van der Waals surface area contributed by atoms with E-state index in [1.807, 2.05) is 36.4 Å². The van der Waals surface area contributed by atoms with Gasteiger partial charge in [-0.2, -0.15) is 13.2 Å². The molecule has 42 heavy (non-hydrogen) atoms. The molecule has 0 bridgehead atoms. The molecule has 213 valence electrons. The quantitative estimate of drug-likeness (QED) is 0.211. The molecule has 0 aliphatic heterocycles. The summed E-state index contributed by atoms with van der Waals surface area (Å²) in [6.45, 7) is 0. The Balaban J connectivity index is 1.23. The summed E-state index contributed by atoms with van der Waals surface area (Å²) < 4.78 is 57.6. The van der Waals surface area contributed by atoms with Crippen molar-refractivity contribution in [1.29, 1.82) is 0 Å². The second-order valence-electron chi connectivity index (χ2n) is 8.81. The number of rotatable bonds is 8. The summed E-state index contributed by atoms with van der Waals surface area (Å²) >= 11 is -0.469. The topological polar surface area (TPSA) is 94.6 Å². The van der Waals surface area contributed by atoms with E-state index >= 15 is 0 Å². The van der Waals surface area contributed by atoms with Crippen LogP contribution in [0.4, 0.5) is 29.3 Å². The van der Waals surface area contributed by atoms with Gasteiger partial charge in [-0.25, -0.2) is 0 Å². The number of amides is 2. The van der Waals surface area contributed by atoms with E-state index in [4.69, 9.17) is 14.2 Å². The molecule has 0 saturated heterocycles. The molecule has 0 aliphatic carbocycles. The van der Waals surface area contributed by atoms with Crippen molar-refractivity contribution < 1.29 is 32.2 Å². The molecule has 0 unspecified atom stereocenters. The number of urea groups is 1. The normalized spacial score (nSPS) is 11.5. The first kappa shape index (κ1) is 28.8. The number of halogens is 3. The number of alkyl halides is 3. The molecule has 5 aromatic rings. The molecule has 1 radical (unpaired) electrons. The first-order chi connectivity index (χ1) is 20.2. The number of benzene rings is 4. The predicted molar refractivity (Wildman–Crippen MR) is 155 cm³/mol. The fourth-order valence-corrected chi connectivity index (χ4v) is 6.01. The van der Waals surface area contributed by atoms with Crippen LogP contribution < -0.4 is 33.7 Å². The first-order valence-corrected chi connectivity index (χ1v) is 14.3. The van der Waals surface area contributed by atoms with Crippen LogP contribution in [0.25, 0.3) is 10.9 Å². The van der Waals surface area contributed by atoms with Crippen molar-refractivity contribution in [3.05, 3.63) is 96.8 Å². The summed E-state index contributed by atoms with van der Waals surface area (Å²) in [4.78, 5) is 21.3. The SMILES string of the molecule is COc1cc2ncnc([As]c3ccc(Oc4cccc(NC(=O)Nc5cccc(C(F)(F)F)c5)c4)cc3)c2cc1OC. The number of carbonyl (C=O) groups is 1. The third-order valence-electron chi connectivity index (χ3n) is 5.97. The number of hydrogen-bond acceptors (Lipinski definition) is 6. The van der Waals surface area contributed by atoms with E-state index in [1.54, 1.807) is 38.5 Å². The van der Waals surface area contributed by atoms with Crippen molar-refractivity contribution in [2.24, 2.45) is 0 Å². The average molecular weight is 635 g/mol. The van der Waals surface area contributed by atoms with Gasteiger partial charge < -0.3 is 0 Å². The van der Waals surface area contributed by atoms with Gasteiger partial charge in [-0.05, 0) is 18.2 Å². The Kier molecular flexibility index (Phi) is 8.49. The Hall–Kier alpha value is -4.76. The molecule has 0 aliphatic rings. The molecule has 12 heteroatoms. The molecule has 2 N–H and O–H groups in total. The summed E-state index contributed by atoms with van der Waals surface area (Å²) in [5, 5.41) is 5.92. The molecule has 0 atom stereocenters. The van der Waals surface area contributed by atoms with Crippen LogP contribution in [0, 0.1) is 0 Å². The number of fused-ring (bicyclic) bond motifs is 1. The molecule has 2 amide bonds. The Bertz CT molecular complexity index is 1730. The van der Waals surface area contributed by atoms with Gasteiger partial charge in [0.05, 0.1) is 5.56 Å². The molecule has 1 heterocycles. The summed E-state index contributed by atoms with van der Waals surface area (Å²) in [5.74, 6) is 2.26. The fraction of sp³-hybridized carbons (Fsp3) is 0.100. The van der Waals surface area contributed by atoms with Gasteiger partial charge in [0.1, 0.15) is 0 Å². The third kappa shape index (κ3) is 6.92. The molecular formula is C30H23AsF3N4O4. The molecule has 0 spiro atoms. The van der Waals surface area contributed by atoms with E-state index in [9.17, 15) is 18.0 Å². The van der Waals surface area contributed by atoms with Crippen LogP contribution in [-0.2, 0) is 6.18 Å².